The molecule has 0 saturated heterocycles. The largest absolute Gasteiger partial charge is 0.289 e. The molecule has 148 valence electrons. The molecule has 7 heteroatoms. The fourth-order valence-electron chi connectivity index (χ4n) is 3.05. The Hall–Kier alpha value is -3.84. The lowest BCUT2D eigenvalue weighted by Crippen LogP contribution is -1.98. The van der Waals surface area contributed by atoms with E-state index < -0.39 is 4.92 Å². The van der Waals surface area contributed by atoms with Crippen molar-refractivity contribution in [3.8, 4) is 16.3 Å². The first kappa shape index (κ1) is 19.5. The van der Waals surface area contributed by atoms with Crippen molar-refractivity contribution < 1.29 is 9.72 Å². The first-order valence-corrected chi connectivity index (χ1v) is 10.1. The highest BCUT2D eigenvalue weighted by molar-refractivity contribution is 7.13. The number of ketones is 1. The molecule has 0 saturated carbocycles. The van der Waals surface area contributed by atoms with E-state index in [1.165, 1.54) is 12.1 Å². The van der Waals surface area contributed by atoms with Crippen LogP contribution in [-0.2, 0) is 0 Å². The SMILES string of the molecule is Cc1ccc(C(=O)/C=C/c2cn(-c3ccccc3)nc2-c2cccs2)cc1[N+](=O)[O-]. The van der Waals surface area contributed by atoms with Crippen molar-refractivity contribution in [3.63, 3.8) is 0 Å². The molecule has 30 heavy (non-hydrogen) atoms. The standard InChI is InChI=1S/C23H17N3O3S/c1-16-9-10-17(14-20(16)26(28)29)21(27)12-11-18-15-25(19-6-3-2-4-7-19)24-23(18)22-8-5-13-30-22/h2-15H,1H3/b12-11+. The summed E-state index contributed by atoms with van der Waals surface area (Å²) in [6.45, 7) is 1.65. The van der Waals surface area contributed by atoms with Gasteiger partial charge < -0.3 is 0 Å². The quantitative estimate of drug-likeness (QED) is 0.175. The zero-order valence-electron chi connectivity index (χ0n) is 16.1. The van der Waals surface area contributed by atoms with Gasteiger partial charge in [-0.3, -0.25) is 14.9 Å². The summed E-state index contributed by atoms with van der Waals surface area (Å²) in [6.07, 6.45) is 5.00. The van der Waals surface area contributed by atoms with Crippen molar-refractivity contribution in [3.05, 3.63) is 105 Å². The fourth-order valence-corrected chi connectivity index (χ4v) is 3.78. The fraction of sp³-hybridized carbons (Fsp3) is 0.0435. The van der Waals surface area contributed by atoms with E-state index in [9.17, 15) is 14.9 Å². The Morgan fingerprint density at radius 3 is 2.63 bits per heavy atom. The van der Waals surface area contributed by atoms with Crippen LogP contribution in [0.25, 0.3) is 22.3 Å². The second-order valence-corrected chi connectivity index (χ2v) is 7.59. The lowest BCUT2D eigenvalue weighted by atomic mass is 10.1. The molecule has 2 aromatic carbocycles. The Labute approximate surface area is 176 Å². The number of hydrogen-bond acceptors (Lipinski definition) is 5. The maximum atomic E-state index is 12.6. The minimum absolute atomic E-state index is 0.0644. The van der Waals surface area contributed by atoms with Crippen molar-refractivity contribution in [2.45, 2.75) is 6.92 Å². The lowest BCUT2D eigenvalue weighted by molar-refractivity contribution is -0.385. The number of nitro groups is 1. The van der Waals surface area contributed by atoms with Gasteiger partial charge >= 0.3 is 0 Å². The van der Waals surface area contributed by atoms with E-state index in [0.29, 0.717) is 5.56 Å². The molecule has 0 spiro atoms. The van der Waals surface area contributed by atoms with Crippen molar-refractivity contribution >= 4 is 28.9 Å². The summed E-state index contributed by atoms with van der Waals surface area (Å²) in [4.78, 5) is 24.3. The van der Waals surface area contributed by atoms with Gasteiger partial charge in [-0.1, -0.05) is 36.4 Å². The second kappa shape index (κ2) is 8.26. The highest BCUT2D eigenvalue weighted by Gasteiger charge is 2.15. The zero-order valence-corrected chi connectivity index (χ0v) is 16.9. The summed E-state index contributed by atoms with van der Waals surface area (Å²) in [5, 5.41) is 17.8. The summed E-state index contributed by atoms with van der Waals surface area (Å²) in [5.41, 5.74) is 3.20. The van der Waals surface area contributed by atoms with Gasteiger partial charge in [-0.25, -0.2) is 4.68 Å². The number of nitrogens with zero attached hydrogens (tertiary/aromatic N) is 3. The summed E-state index contributed by atoms with van der Waals surface area (Å²) in [5.74, 6) is -0.303. The number of para-hydroxylation sites is 1. The van der Waals surface area contributed by atoms with Gasteiger partial charge in [-0.2, -0.15) is 5.10 Å². The van der Waals surface area contributed by atoms with E-state index in [2.05, 4.69) is 0 Å². The van der Waals surface area contributed by atoms with Gasteiger partial charge in [0.2, 0.25) is 0 Å². The van der Waals surface area contributed by atoms with Gasteiger partial charge in [0.1, 0.15) is 5.69 Å². The van der Waals surface area contributed by atoms with Gasteiger partial charge in [0, 0.05) is 29.0 Å². The molecule has 0 aliphatic carbocycles. The first-order chi connectivity index (χ1) is 14.5. The van der Waals surface area contributed by atoms with E-state index >= 15 is 0 Å². The third-order valence-corrected chi connectivity index (χ3v) is 5.50. The van der Waals surface area contributed by atoms with Crippen molar-refractivity contribution in [1.82, 2.24) is 9.78 Å². The normalized spacial score (nSPS) is 11.1. The van der Waals surface area contributed by atoms with Gasteiger partial charge in [-0.05, 0) is 42.7 Å². The van der Waals surface area contributed by atoms with Crippen LogP contribution in [0.2, 0.25) is 0 Å². The van der Waals surface area contributed by atoms with Crippen LogP contribution in [0.4, 0.5) is 5.69 Å². The Kier molecular flexibility index (Phi) is 5.36. The molecule has 0 unspecified atom stereocenters. The van der Waals surface area contributed by atoms with Crippen molar-refractivity contribution in [2.24, 2.45) is 0 Å². The van der Waals surface area contributed by atoms with E-state index in [1.807, 2.05) is 54.0 Å². The van der Waals surface area contributed by atoms with Crippen LogP contribution in [0.5, 0.6) is 0 Å². The molecule has 0 aliphatic rings. The minimum atomic E-state index is -0.478. The Morgan fingerprint density at radius 1 is 1.13 bits per heavy atom. The molecule has 6 nitrogen and oxygen atoms in total. The Balaban J connectivity index is 1.69. The highest BCUT2D eigenvalue weighted by atomic mass is 32.1. The van der Waals surface area contributed by atoms with Gasteiger partial charge in [0.15, 0.2) is 5.78 Å². The Bertz CT molecular complexity index is 1240. The molecule has 0 radical (unpaired) electrons. The third-order valence-electron chi connectivity index (χ3n) is 4.62. The zero-order chi connectivity index (χ0) is 21.1. The number of thiophene rings is 1. The smallest absolute Gasteiger partial charge is 0.273 e. The predicted octanol–water partition coefficient (Wildman–Crippen LogP) is 5.71. The number of carbonyl (C=O) groups excluding carboxylic acids is 1. The number of nitro benzene ring substituents is 1. The summed E-state index contributed by atoms with van der Waals surface area (Å²) in [6, 6.07) is 18.1. The molecule has 0 N–H and O–H groups in total. The average Bonchev–Trinajstić information content (AvgIpc) is 3.42. The first-order valence-electron chi connectivity index (χ1n) is 9.19. The topological polar surface area (TPSA) is 78.0 Å². The number of aryl methyl sites for hydroxylation is 1. The van der Waals surface area contributed by atoms with Crippen molar-refractivity contribution in [2.75, 3.05) is 0 Å². The second-order valence-electron chi connectivity index (χ2n) is 6.65. The maximum absolute atomic E-state index is 12.6. The van der Waals surface area contributed by atoms with E-state index in [4.69, 9.17) is 5.10 Å². The number of hydrogen-bond donors (Lipinski definition) is 0. The van der Waals surface area contributed by atoms with Crippen LogP contribution in [0, 0.1) is 17.0 Å². The number of rotatable bonds is 6. The van der Waals surface area contributed by atoms with Gasteiger partial charge in [-0.15, -0.1) is 11.3 Å². The molecule has 0 atom stereocenters. The molecular formula is C23H17N3O3S. The molecule has 0 amide bonds. The van der Waals surface area contributed by atoms with Crippen LogP contribution in [0.15, 0.2) is 78.3 Å². The monoisotopic (exact) mass is 415 g/mol. The van der Waals surface area contributed by atoms with E-state index in [1.54, 1.807) is 41.2 Å². The maximum Gasteiger partial charge on any atom is 0.273 e. The molecule has 0 aliphatic heterocycles. The van der Waals surface area contributed by atoms with Crippen LogP contribution >= 0.6 is 11.3 Å². The van der Waals surface area contributed by atoms with Gasteiger partial charge in [0.05, 0.1) is 15.5 Å². The van der Waals surface area contributed by atoms with E-state index in [-0.39, 0.29) is 17.0 Å². The predicted molar refractivity (Wildman–Crippen MR) is 118 cm³/mol. The van der Waals surface area contributed by atoms with Crippen LogP contribution in [0.3, 0.4) is 0 Å². The van der Waals surface area contributed by atoms with Crippen molar-refractivity contribution in [1.29, 1.82) is 0 Å². The lowest BCUT2D eigenvalue weighted by Gasteiger charge is -2.00. The van der Waals surface area contributed by atoms with Crippen LogP contribution in [0.1, 0.15) is 21.5 Å². The number of benzene rings is 2. The molecular weight excluding hydrogens is 398 g/mol. The molecule has 2 aromatic heterocycles. The molecule has 0 fully saturated rings. The number of allylic oxidation sites excluding steroid dienone is 1. The minimum Gasteiger partial charge on any atom is -0.289 e. The average molecular weight is 415 g/mol. The van der Waals surface area contributed by atoms with Crippen LogP contribution in [-0.4, -0.2) is 20.5 Å². The number of aromatic nitrogens is 2. The third kappa shape index (κ3) is 3.97. The van der Waals surface area contributed by atoms with Crippen LogP contribution < -0.4 is 0 Å². The molecule has 4 aromatic rings. The molecule has 0 bridgehead atoms. The molecule has 2 heterocycles. The Morgan fingerprint density at radius 2 is 1.93 bits per heavy atom. The number of carbonyl (C=O) groups is 1. The van der Waals surface area contributed by atoms with Gasteiger partial charge in [0.25, 0.3) is 5.69 Å². The summed E-state index contributed by atoms with van der Waals surface area (Å²) >= 11 is 1.57. The summed E-state index contributed by atoms with van der Waals surface area (Å²) < 4.78 is 1.77. The highest BCUT2D eigenvalue weighted by Crippen LogP contribution is 2.29. The summed E-state index contributed by atoms with van der Waals surface area (Å²) in [7, 11) is 0. The molecule has 4 rings (SSSR count). The van der Waals surface area contributed by atoms with E-state index in [0.717, 1.165) is 21.8 Å².